The highest BCUT2D eigenvalue weighted by Gasteiger charge is 2.11. The molecule has 1 aromatic carbocycles. The SMILES string of the molecule is CCNC(=O)Nc1cc2c(-c3ccncc3C)ccc(CN)c2cn1. The van der Waals surface area contributed by atoms with Crippen molar-refractivity contribution in [3.05, 3.63) is 54.0 Å². The normalized spacial score (nSPS) is 10.7. The van der Waals surface area contributed by atoms with Gasteiger partial charge in [0.25, 0.3) is 0 Å². The molecule has 3 rings (SSSR count). The molecule has 2 heterocycles. The van der Waals surface area contributed by atoms with E-state index in [1.807, 2.05) is 38.2 Å². The van der Waals surface area contributed by atoms with Crippen LogP contribution in [0.2, 0.25) is 0 Å². The van der Waals surface area contributed by atoms with Crippen LogP contribution in [0.15, 0.2) is 42.9 Å². The van der Waals surface area contributed by atoms with E-state index >= 15 is 0 Å². The molecule has 0 aliphatic carbocycles. The molecule has 6 nitrogen and oxygen atoms in total. The second-order valence-corrected chi connectivity index (χ2v) is 5.77. The van der Waals surface area contributed by atoms with Crippen molar-refractivity contribution in [2.75, 3.05) is 11.9 Å². The number of benzene rings is 1. The Morgan fingerprint density at radius 2 is 2.00 bits per heavy atom. The van der Waals surface area contributed by atoms with Gasteiger partial charge in [-0.3, -0.25) is 10.3 Å². The zero-order chi connectivity index (χ0) is 17.8. The third-order valence-electron chi connectivity index (χ3n) is 4.10. The van der Waals surface area contributed by atoms with Crippen LogP contribution in [-0.4, -0.2) is 22.5 Å². The molecule has 0 spiro atoms. The predicted molar refractivity (Wildman–Crippen MR) is 100 cm³/mol. The summed E-state index contributed by atoms with van der Waals surface area (Å²) in [5, 5.41) is 7.45. The van der Waals surface area contributed by atoms with Crippen molar-refractivity contribution in [1.82, 2.24) is 15.3 Å². The topological polar surface area (TPSA) is 92.9 Å². The third kappa shape index (κ3) is 3.44. The first-order valence-corrected chi connectivity index (χ1v) is 8.21. The summed E-state index contributed by atoms with van der Waals surface area (Å²) in [4.78, 5) is 20.3. The van der Waals surface area contributed by atoms with E-state index < -0.39 is 0 Å². The summed E-state index contributed by atoms with van der Waals surface area (Å²) in [5.41, 5.74) is 10.1. The van der Waals surface area contributed by atoms with E-state index in [2.05, 4.69) is 26.7 Å². The van der Waals surface area contributed by atoms with Crippen LogP contribution in [0.1, 0.15) is 18.1 Å². The number of nitrogens with one attached hydrogen (secondary N) is 2. The number of anilines is 1. The second-order valence-electron chi connectivity index (χ2n) is 5.77. The molecule has 25 heavy (non-hydrogen) atoms. The Bertz CT molecular complexity index is 923. The Morgan fingerprint density at radius 1 is 1.16 bits per heavy atom. The molecule has 6 heteroatoms. The quantitative estimate of drug-likeness (QED) is 0.682. The molecule has 0 saturated heterocycles. The van der Waals surface area contributed by atoms with Crippen LogP contribution in [0.25, 0.3) is 21.9 Å². The number of fused-ring (bicyclic) bond motifs is 1. The molecule has 0 aliphatic heterocycles. The lowest BCUT2D eigenvalue weighted by molar-refractivity contribution is 0.252. The van der Waals surface area contributed by atoms with Crippen LogP contribution in [-0.2, 0) is 6.54 Å². The van der Waals surface area contributed by atoms with E-state index in [0.717, 1.165) is 33.0 Å². The van der Waals surface area contributed by atoms with Crippen LogP contribution in [0, 0.1) is 6.92 Å². The molecule has 2 aromatic heterocycles. The third-order valence-corrected chi connectivity index (χ3v) is 4.10. The van der Waals surface area contributed by atoms with Gasteiger partial charge in [-0.15, -0.1) is 0 Å². The average Bonchev–Trinajstić information content (AvgIpc) is 2.61. The van der Waals surface area contributed by atoms with Gasteiger partial charge in [-0.2, -0.15) is 0 Å². The van der Waals surface area contributed by atoms with Crippen molar-refractivity contribution >= 4 is 22.6 Å². The van der Waals surface area contributed by atoms with Crippen LogP contribution in [0.4, 0.5) is 10.6 Å². The van der Waals surface area contributed by atoms with Gasteiger partial charge in [-0.05, 0) is 53.6 Å². The minimum atomic E-state index is -0.272. The summed E-state index contributed by atoms with van der Waals surface area (Å²) in [6.45, 7) is 4.88. The van der Waals surface area contributed by atoms with E-state index in [1.54, 1.807) is 12.4 Å². The molecular weight excluding hydrogens is 314 g/mol. The molecule has 0 saturated carbocycles. The number of carbonyl (C=O) groups excluding carboxylic acids is 1. The lowest BCUT2D eigenvalue weighted by Crippen LogP contribution is -2.28. The van der Waals surface area contributed by atoms with Gasteiger partial charge in [0.2, 0.25) is 0 Å². The monoisotopic (exact) mass is 335 g/mol. The van der Waals surface area contributed by atoms with Crippen molar-refractivity contribution < 1.29 is 4.79 Å². The van der Waals surface area contributed by atoms with Gasteiger partial charge in [0, 0.05) is 37.1 Å². The standard InChI is InChI=1S/C19H21N5O/c1-3-22-19(25)24-18-8-16-15(14-6-7-21-10-12(14)2)5-4-13(9-20)17(16)11-23-18/h4-8,10-11H,3,9,20H2,1-2H3,(H2,22,23,24,25). The first-order chi connectivity index (χ1) is 12.1. The zero-order valence-corrected chi connectivity index (χ0v) is 14.3. The maximum Gasteiger partial charge on any atom is 0.320 e. The summed E-state index contributed by atoms with van der Waals surface area (Å²) in [7, 11) is 0. The molecule has 2 amide bonds. The maximum absolute atomic E-state index is 11.8. The number of rotatable bonds is 4. The second kappa shape index (κ2) is 7.27. The fourth-order valence-electron chi connectivity index (χ4n) is 2.88. The summed E-state index contributed by atoms with van der Waals surface area (Å²) < 4.78 is 0. The van der Waals surface area contributed by atoms with E-state index in [1.165, 1.54) is 0 Å². The number of urea groups is 1. The number of nitrogens with zero attached hydrogens (tertiary/aromatic N) is 2. The van der Waals surface area contributed by atoms with Crippen molar-refractivity contribution in [2.45, 2.75) is 20.4 Å². The Kier molecular flexibility index (Phi) is 4.90. The molecule has 3 aromatic rings. The Hall–Kier alpha value is -2.99. The van der Waals surface area contributed by atoms with Crippen molar-refractivity contribution in [3.8, 4) is 11.1 Å². The minimum Gasteiger partial charge on any atom is -0.338 e. The van der Waals surface area contributed by atoms with E-state index in [4.69, 9.17) is 5.73 Å². The first kappa shape index (κ1) is 16.9. The van der Waals surface area contributed by atoms with E-state index in [9.17, 15) is 4.79 Å². The van der Waals surface area contributed by atoms with E-state index in [-0.39, 0.29) is 6.03 Å². The predicted octanol–water partition coefficient (Wildman–Crippen LogP) is 3.21. The Balaban J connectivity index is 2.16. The van der Waals surface area contributed by atoms with Crippen molar-refractivity contribution in [1.29, 1.82) is 0 Å². The summed E-state index contributed by atoms with van der Waals surface area (Å²) in [6.07, 6.45) is 5.38. The average molecular weight is 335 g/mol. The maximum atomic E-state index is 11.8. The Morgan fingerprint density at radius 3 is 2.72 bits per heavy atom. The summed E-state index contributed by atoms with van der Waals surface area (Å²) >= 11 is 0. The minimum absolute atomic E-state index is 0.272. The number of pyridine rings is 2. The Labute approximate surface area is 146 Å². The number of aromatic nitrogens is 2. The number of aryl methyl sites for hydroxylation is 1. The first-order valence-electron chi connectivity index (χ1n) is 8.21. The van der Waals surface area contributed by atoms with Crippen LogP contribution in [0.5, 0.6) is 0 Å². The van der Waals surface area contributed by atoms with Crippen molar-refractivity contribution in [2.24, 2.45) is 5.73 Å². The molecule has 128 valence electrons. The highest BCUT2D eigenvalue weighted by molar-refractivity contribution is 6.01. The van der Waals surface area contributed by atoms with Gasteiger partial charge < -0.3 is 11.1 Å². The smallest absolute Gasteiger partial charge is 0.320 e. The molecule has 0 unspecified atom stereocenters. The number of hydrogen-bond acceptors (Lipinski definition) is 4. The van der Waals surface area contributed by atoms with Gasteiger partial charge in [-0.25, -0.2) is 9.78 Å². The number of carbonyl (C=O) groups is 1. The summed E-state index contributed by atoms with van der Waals surface area (Å²) in [6, 6.07) is 7.69. The molecule has 0 radical (unpaired) electrons. The molecule has 0 bridgehead atoms. The summed E-state index contributed by atoms with van der Waals surface area (Å²) in [5.74, 6) is 0.501. The van der Waals surface area contributed by atoms with E-state index in [0.29, 0.717) is 18.9 Å². The zero-order valence-electron chi connectivity index (χ0n) is 14.3. The lowest BCUT2D eigenvalue weighted by atomic mass is 9.94. The van der Waals surface area contributed by atoms with Gasteiger partial charge in [-0.1, -0.05) is 12.1 Å². The van der Waals surface area contributed by atoms with Crippen LogP contribution in [0.3, 0.4) is 0 Å². The molecule has 4 N–H and O–H groups in total. The van der Waals surface area contributed by atoms with Gasteiger partial charge in [0.1, 0.15) is 5.82 Å². The van der Waals surface area contributed by atoms with Gasteiger partial charge >= 0.3 is 6.03 Å². The number of nitrogens with two attached hydrogens (primary N) is 1. The molecule has 0 aliphatic rings. The molecule has 0 atom stereocenters. The largest absolute Gasteiger partial charge is 0.338 e. The van der Waals surface area contributed by atoms with Crippen molar-refractivity contribution in [3.63, 3.8) is 0 Å². The van der Waals surface area contributed by atoms with Gasteiger partial charge in [0.15, 0.2) is 0 Å². The van der Waals surface area contributed by atoms with Crippen LogP contribution < -0.4 is 16.4 Å². The number of amides is 2. The van der Waals surface area contributed by atoms with Gasteiger partial charge in [0.05, 0.1) is 0 Å². The lowest BCUT2D eigenvalue weighted by Gasteiger charge is -2.13. The fraction of sp³-hybridized carbons (Fsp3) is 0.211. The highest BCUT2D eigenvalue weighted by atomic mass is 16.2. The fourth-order valence-corrected chi connectivity index (χ4v) is 2.88. The van der Waals surface area contributed by atoms with Crippen LogP contribution >= 0.6 is 0 Å². The number of hydrogen-bond donors (Lipinski definition) is 3. The molecule has 0 fully saturated rings. The molecular formula is C19H21N5O. The highest BCUT2D eigenvalue weighted by Crippen LogP contribution is 2.33.